The first kappa shape index (κ1) is 13.9. The molecule has 0 unspecified atom stereocenters. The van der Waals surface area contributed by atoms with Crippen molar-refractivity contribution in [3.8, 4) is 5.88 Å². The molecule has 6 nitrogen and oxygen atoms in total. The van der Waals surface area contributed by atoms with Crippen molar-refractivity contribution in [1.29, 1.82) is 0 Å². The molecule has 1 heterocycles. The maximum atomic E-state index is 10.5. The normalized spacial score (nSPS) is 18.6. The van der Waals surface area contributed by atoms with Crippen LogP contribution < -0.4 is 15.8 Å². The summed E-state index contributed by atoms with van der Waals surface area (Å²) in [6, 6.07) is 1.68. The molecule has 0 bridgehead atoms. The second-order valence-electron chi connectivity index (χ2n) is 5.15. The number of anilines is 2. The van der Waals surface area contributed by atoms with Crippen molar-refractivity contribution in [1.82, 2.24) is 9.97 Å². The Bertz CT molecular complexity index is 417. The van der Waals surface area contributed by atoms with Gasteiger partial charge in [0, 0.05) is 12.6 Å². The number of ether oxygens (including phenoxy) is 1. The smallest absolute Gasteiger partial charge is 0.225 e. The van der Waals surface area contributed by atoms with Crippen LogP contribution >= 0.6 is 0 Å². The lowest BCUT2D eigenvalue weighted by Crippen LogP contribution is -2.36. The minimum atomic E-state index is -0.649. The molecule has 1 fully saturated rings. The molecule has 0 aliphatic heterocycles. The van der Waals surface area contributed by atoms with Gasteiger partial charge < -0.3 is 20.9 Å². The van der Waals surface area contributed by atoms with Crippen LogP contribution in [0.3, 0.4) is 0 Å². The van der Waals surface area contributed by atoms with Crippen LogP contribution in [0, 0.1) is 0 Å². The number of hydrogen-bond donors (Lipinski definition) is 3. The van der Waals surface area contributed by atoms with Crippen LogP contribution in [0.1, 0.15) is 38.5 Å². The average Bonchev–Trinajstić information content (AvgIpc) is 2.61. The molecular formula is C13H22N4O2. The van der Waals surface area contributed by atoms with E-state index in [1.807, 2.05) is 0 Å². The maximum absolute atomic E-state index is 10.5. The lowest BCUT2D eigenvalue weighted by Gasteiger charge is -2.27. The quantitative estimate of drug-likeness (QED) is 0.716. The number of rotatable bonds is 4. The predicted octanol–water partition coefficient (Wildman–Crippen LogP) is 1.56. The van der Waals surface area contributed by atoms with Gasteiger partial charge in [-0.05, 0) is 12.8 Å². The van der Waals surface area contributed by atoms with E-state index in [0.717, 1.165) is 25.7 Å². The third-order valence-electron chi connectivity index (χ3n) is 3.56. The number of aromatic nitrogens is 2. The van der Waals surface area contributed by atoms with E-state index in [-0.39, 0.29) is 5.95 Å². The standard InChI is InChI=1S/C13H22N4O2/c1-19-11-8-10(16-12(14)17-11)15-9-13(18)6-4-2-3-5-7-13/h8,18H,2-7,9H2,1H3,(H3,14,15,16,17). The van der Waals surface area contributed by atoms with Gasteiger partial charge in [-0.15, -0.1) is 0 Å². The lowest BCUT2D eigenvalue weighted by atomic mass is 9.94. The molecular weight excluding hydrogens is 244 g/mol. The molecule has 4 N–H and O–H groups in total. The first-order valence-electron chi connectivity index (χ1n) is 6.76. The second-order valence-corrected chi connectivity index (χ2v) is 5.15. The number of nitrogens with zero attached hydrogens (tertiary/aromatic N) is 2. The summed E-state index contributed by atoms with van der Waals surface area (Å²) in [5.74, 6) is 1.17. The van der Waals surface area contributed by atoms with Gasteiger partial charge in [0.1, 0.15) is 5.82 Å². The van der Waals surface area contributed by atoms with Crippen LogP contribution in [0.25, 0.3) is 0 Å². The summed E-state index contributed by atoms with van der Waals surface area (Å²) >= 11 is 0. The molecule has 106 valence electrons. The summed E-state index contributed by atoms with van der Waals surface area (Å²) < 4.78 is 5.04. The van der Waals surface area contributed by atoms with E-state index in [9.17, 15) is 5.11 Å². The van der Waals surface area contributed by atoms with Gasteiger partial charge in [0.15, 0.2) is 0 Å². The van der Waals surface area contributed by atoms with Gasteiger partial charge in [-0.2, -0.15) is 9.97 Å². The van der Waals surface area contributed by atoms with Crippen molar-refractivity contribution >= 4 is 11.8 Å². The Hall–Kier alpha value is -1.56. The molecule has 0 amide bonds. The van der Waals surface area contributed by atoms with E-state index < -0.39 is 5.60 Å². The average molecular weight is 266 g/mol. The summed E-state index contributed by atoms with van der Waals surface area (Å²) in [7, 11) is 1.53. The molecule has 1 aromatic heterocycles. The number of nitrogen functional groups attached to an aromatic ring is 1. The Labute approximate surface area is 113 Å². The Morgan fingerprint density at radius 1 is 1.32 bits per heavy atom. The highest BCUT2D eigenvalue weighted by atomic mass is 16.5. The molecule has 1 aliphatic carbocycles. The Kier molecular flexibility index (Phi) is 4.42. The largest absolute Gasteiger partial charge is 0.481 e. The van der Waals surface area contributed by atoms with E-state index in [0.29, 0.717) is 18.2 Å². The van der Waals surface area contributed by atoms with Crippen LogP contribution in [0.5, 0.6) is 5.88 Å². The van der Waals surface area contributed by atoms with Gasteiger partial charge in [-0.3, -0.25) is 0 Å². The molecule has 0 aromatic carbocycles. The number of nitrogens with one attached hydrogen (secondary N) is 1. The van der Waals surface area contributed by atoms with Crippen LogP contribution in [-0.2, 0) is 0 Å². The fourth-order valence-corrected chi connectivity index (χ4v) is 2.46. The van der Waals surface area contributed by atoms with Crippen LogP contribution in [-0.4, -0.2) is 34.3 Å². The molecule has 1 aromatic rings. The van der Waals surface area contributed by atoms with Crippen molar-refractivity contribution in [3.05, 3.63) is 6.07 Å². The third kappa shape index (κ3) is 3.96. The van der Waals surface area contributed by atoms with Gasteiger partial charge >= 0.3 is 0 Å². The van der Waals surface area contributed by atoms with E-state index in [4.69, 9.17) is 10.5 Å². The summed E-state index contributed by atoms with van der Waals surface area (Å²) in [5, 5.41) is 13.7. The molecule has 0 spiro atoms. The van der Waals surface area contributed by atoms with E-state index >= 15 is 0 Å². The Balaban J connectivity index is 1.99. The molecule has 6 heteroatoms. The minimum Gasteiger partial charge on any atom is -0.481 e. The molecule has 2 rings (SSSR count). The van der Waals surface area contributed by atoms with Crippen molar-refractivity contribution in [2.75, 3.05) is 24.7 Å². The highest BCUT2D eigenvalue weighted by Gasteiger charge is 2.27. The van der Waals surface area contributed by atoms with Crippen LogP contribution in [0.4, 0.5) is 11.8 Å². The van der Waals surface area contributed by atoms with Gasteiger partial charge in [-0.25, -0.2) is 0 Å². The van der Waals surface area contributed by atoms with Gasteiger partial charge in [0.2, 0.25) is 11.8 Å². The van der Waals surface area contributed by atoms with Gasteiger partial charge in [0.25, 0.3) is 0 Å². The summed E-state index contributed by atoms with van der Waals surface area (Å²) in [4.78, 5) is 8.01. The van der Waals surface area contributed by atoms with Gasteiger partial charge in [0.05, 0.1) is 12.7 Å². The zero-order valence-electron chi connectivity index (χ0n) is 11.4. The van der Waals surface area contributed by atoms with Gasteiger partial charge in [-0.1, -0.05) is 25.7 Å². The van der Waals surface area contributed by atoms with Crippen LogP contribution in [0.15, 0.2) is 6.07 Å². The van der Waals surface area contributed by atoms with E-state index in [1.54, 1.807) is 6.07 Å². The zero-order valence-corrected chi connectivity index (χ0v) is 11.4. The zero-order chi connectivity index (χ0) is 13.7. The molecule has 0 radical (unpaired) electrons. The monoisotopic (exact) mass is 266 g/mol. The molecule has 0 saturated heterocycles. The number of methoxy groups -OCH3 is 1. The molecule has 0 atom stereocenters. The fourth-order valence-electron chi connectivity index (χ4n) is 2.46. The summed E-state index contributed by atoms with van der Waals surface area (Å²) in [6.45, 7) is 0.479. The Morgan fingerprint density at radius 3 is 2.63 bits per heavy atom. The third-order valence-corrected chi connectivity index (χ3v) is 3.56. The highest BCUT2D eigenvalue weighted by molar-refractivity contribution is 5.43. The summed E-state index contributed by atoms with van der Waals surface area (Å²) in [6.07, 6.45) is 6.23. The minimum absolute atomic E-state index is 0.162. The SMILES string of the molecule is COc1cc(NCC2(O)CCCCCC2)nc(N)n1. The van der Waals surface area contributed by atoms with E-state index in [2.05, 4.69) is 15.3 Å². The number of nitrogens with two attached hydrogens (primary N) is 1. The number of aliphatic hydroxyl groups is 1. The maximum Gasteiger partial charge on any atom is 0.225 e. The molecule has 1 saturated carbocycles. The highest BCUT2D eigenvalue weighted by Crippen LogP contribution is 2.27. The fraction of sp³-hybridized carbons (Fsp3) is 0.692. The lowest BCUT2D eigenvalue weighted by molar-refractivity contribution is 0.0380. The first-order chi connectivity index (χ1) is 9.11. The van der Waals surface area contributed by atoms with Crippen molar-refractivity contribution in [3.63, 3.8) is 0 Å². The first-order valence-corrected chi connectivity index (χ1v) is 6.76. The second kappa shape index (κ2) is 6.06. The molecule has 1 aliphatic rings. The van der Waals surface area contributed by atoms with E-state index in [1.165, 1.54) is 20.0 Å². The summed E-state index contributed by atoms with van der Waals surface area (Å²) in [5.41, 5.74) is 4.95. The van der Waals surface area contributed by atoms with Crippen LogP contribution in [0.2, 0.25) is 0 Å². The van der Waals surface area contributed by atoms with Crippen molar-refractivity contribution in [2.45, 2.75) is 44.1 Å². The topological polar surface area (TPSA) is 93.3 Å². The predicted molar refractivity (Wildman–Crippen MR) is 74.1 cm³/mol. The Morgan fingerprint density at radius 2 is 2.00 bits per heavy atom. The van der Waals surface area contributed by atoms with Crippen molar-refractivity contribution < 1.29 is 9.84 Å². The van der Waals surface area contributed by atoms with Crippen molar-refractivity contribution in [2.24, 2.45) is 0 Å². The molecule has 19 heavy (non-hydrogen) atoms. The number of hydrogen-bond acceptors (Lipinski definition) is 6.